The quantitative estimate of drug-likeness (QED) is 0.692. The highest BCUT2D eigenvalue weighted by molar-refractivity contribution is 7.88. The zero-order valence-corrected chi connectivity index (χ0v) is 17.7. The molecule has 0 spiro atoms. The lowest BCUT2D eigenvalue weighted by molar-refractivity contribution is 0.395. The summed E-state index contributed by atoms with van der Waals surface area (Å²) in [5, 5.41) is 12.5. The van der Waals surface area contributed by atoms with E-state index >= 15 is 0 Å². The first kappa shape index (κ1) is 20.1. The minimum atomic E-state index is -3.20. The molecule has 0 aliphatic carbocycles. The van der Waals surface area contributed by atoms with Gasteiger partial charge in [-0.05, 0) is 60.4 Å². The monoisotopic (exact) mass is 418 g/mol. The number of aromatic nitrogens is 1. The van der Waals surface area contributed by atoms with Crippen LogP contribution in [0.1, 0.15) is 22.3 Å². The Morgan fingerprint density at radius 1 is 1.17 bits per heavy atom. The number of nitrogens with one attached hydrogen (secondary N) is 1. The molecule has 1 N–H and O–H groups in total. The van der Waals surface area contributed by atoms with Crippen molar-refractivity contribution in [1.29, 1.82) is 5.26 Å². The first-order valence-corrected chi connectivity index (χ1v) is 11.5. The Morgan fingerprint density at radius 3 is 2.70 bits per heavy atom. The van der Waals surface area contributed by atoms with Crippen LogP contribution in [-0.4, -0.2) is 30.5 Å². The number of benzene rings is 2. The molecule has 1 aliphatic rings. The zero-order valence-electron chi connectivity index (χ0n) is 16.9. The summed E-state index contributed by atoms with van der Waals surface area (Å²) in [6.45, 7) is 2.92. The second-order valence-electron chi connectivity index (χ2n) is 7.49. The van der Waals surface area contributed by atoms with Crippen LogP contribution in [0.4, 0.5) is 11.4 Å². The van der Waals surface area contributed by atoms with Gasteiger partial charge in [0.1, 0.15) is 6.07 Å². The number of anilines is 2. The van der Waals surface area contributed by atoms with Gasteiger partial charge in [0.2, 0.25) is 10.0 Å². The van der Waals surface area contributed by atoms with Crippen molar-refractivity contribution in [2.75, 3.05) is 18.1 Å². The van der Waals surface area contributed by atoms with Crippen LogP contribution in [0.15, 0.2) is 54.7 Å². The van der Waals surface area contributed by atoms with Gasteiger partial charge in [-0.3, -0.25) is 4.98 Å². The van der Waals surface area contributed by atoms with Crippen LogP contribution < -0.4 is 5.32 Å². The normalized spacial score (nSPS) is 14.0. The summed E-state index contributed by atoms with van der Waals surface area (Å²) in [5.74, 6) is 0. The molecule has 6 nitrogen and oxygen atoms in total. The number of rotatable bonds is 4. The zero-order chi connectivity index (χ0) is 21.3. The molecule has 30 heavy (non-hydrogen) atoms. The van der Waals surface area contributed by atoms with Crippen LogP contribution in [0.5, 0.6) is 0 Å². The number of pyridine rings is 1. The maximum Gasteiger partial charge on any atom is 0.211 e. The van der Waals surface area contributed by atoms with E-state index < -0.39 is 10.0 Å². The molecule has 4 rings (SSSR count). The topological polar surface area (TPSA) is 86.1 Å². The van der Waals surface area contributed by atoms with Gasteiger partial charge in [0.15, 0.2) is 0 Å². The predicted octanol–water partition coefficient (Wildman–Crippen LogP) is 3.99. The van der Waals surface area contributed by atoms with E-state index in [-0.39, 0.29) is 0 Å². The number of nitriles is 1. The number of hydrogen-bond donors (Lipinski definition) is 1. The van der Waals surface area contributed by atoms with Crippen molar-refractivity contribution < 1.29 is 8.42 Å². The summed E-state index contributed by atoms with van der Waals surface area (Å²) in [6.07, 6.45) is 3.50. The molecule has 152 valence electrons. The lowest BCUT2D eigenvalue weighted by Crippen LogP contribution is -2.35. The fourth-order valence-electron chi connectivity index (χ4n) is 3.73. The van der Waals surface area contributed by atoms with Gasteiger partial charge in [-0.2, -0.15) is 9.57 Å². The molecule has 2 aromatic carbocycles. The standard InChI is InChI=1S/C23H22N4O2S/c1-16-6-8-19(12-21(16)22-9-7-17(13-24)14-25-22)26-23-5-3-4-18-15-27(30(2,28)29)11-10-20(18)23/h3-9,12,14,26H,10-11,15H2,1-2H3. The Kier molecular flexibility index (Phi) is 5.29. The third-order valence-corrected chi connectivity index (χ3v) is 6.63. The molecule has 0 fully saturated rings. The smallest absolute Gasteiger partial charge is 0.211 e. The van der Waals surface area contributed by atoms with Crippen molar-refractivity contribution in [3.63, 3.8) is 0 Å². The number of hydrogen-bond acceptors (Lipinski definition) is 5. The largest absolute Gasteiger partial charge is 0.355 e. The Morgan fingerprint density at radius 2 is 2.00 bits per heavy atom. The fourth-order valence-corrected chi connectivity index (χ4v) is 4.53. The minimum Gasteiger partial charge on any atom is -0.355 e. The number of sulfonamides is 1. The molecule has 0 radical (unpaired) electrons. The van der Waals surface area contributed by atoms with Crippen molar-refractivity contribution in [2.24, 2.45) is 0 Å². The van der Waals surface area contributed by atoms with Gasteiger partial charge in [-0.15, -0.1) is 0 Å². The van der Waals surface area contributed by atoms with Crippen LogP contribution in [0.3, 0.4) is 0 Å². The number of nitrogens with zero attached hydrogens (tertiary/aromatic N) is 3. The van der Waals surface area contributed by atoms with Gasteiger partial charge in [0.25, 0.3) is 0 Å². The van der Waals surface area contributed by atoms with Gasteiger partial charge >= 0.3 is 0 Å². The second kappa shape index (κ2) is 7.90. The highest BCUT2D eigenvalue weighted by atomic mass is 32.2. The third kappa shape index (κ3) is 4.06. The lowest BCUT2D eigenvalue weighted by Gasteiger charge is -2.28. The number of fused-ring (bicyclic) bond motifs is 1. The van der Waals surface area contributed by atoms with Crippen LogP contribution in [0.25, 0.3) is 11.3 Å². The van der Waals surface area contributed by atoms with Crippen molar-refractivity contribution in [3.8, 4) is 17.3 Å². The maximum atomic E-state index is 11.9. The SMILES string of the molecule is Cc1ccc(Nc2cccc3c2CCN(S(C)(=O)=O)C3)cc1-c1ccc(C#N)cn1. The molecule has 0 bridgehead atoms. The van der Waals surface area contributed by atoms with Crippen molar-refractivity contribution in [2.45, 2.75) is 19.9 Å². The van der Waals surface area contributed by atoms with E-state index in [1.807, 2.05) is 43.3 Å². The molecule has 0 unspecified atom stereocenters. The summed E-state index contributed by atoms with van der Waals surface area (Å²) in [6, 6.07) is 17.8. The Labute approximate surface area is 176 Å². The van der Waals surface area contributed by atoms with Crippen molar-refractivity contribution >= 4 is 21.4 Å². The average molecular weight is 419 g/mol. The summed E-state index contributed by atoms with van der Waals surface area (Å²) in [4.78, 5) is 4.42. The summed E-state index contributed by atoms with van der Waals surface area (Å²) in [7, 11) is -3.20. The number of aryl methyl sites for hydroxylation is 1. The molecule has 0 saturated carbocycles. The Bertz CT molecular complexity index is 1250. The predicted molar refractivity (Wildman–Crippen MR) is 118 cm³/mol. The van der Waals surface area contributed by atoms with Gasteiger partial charge in [-0.1, -0.05) is 18.2 Å². The van der Waals surface area contributed by atoms with E-state index in [4.69, 9.17) is 5.26 Å². The molecular formula is C23H22N4O2S. The van der Waals surface area contributed by atoms with Gasteiger partial charge in [0.05, 0.1) is 17.5 Å². The first-order chi connectivity index (χ1) is 14.3. The van der Waals surface area contributed by atoms with Gasteiger partial charge in [-0.25, -0.2) is 8.42 Å². The molecule has 2 heterocycles. The van der Waals surface area contributed by atoms with Crippen molar-refractivity contribution in [3.05, 3.63) is 77.0 Å². The molecule has 3 aromatic rings. The first-order valence-electron chi connectivity index (χ1n) is 9.65. The molecule has 0 amide bonds. The molecule has 7 heteroatoms. The lowest BCUT2D eigenvalue weighted by atomic mass is 9.98. The highest BCUT2D eigenvalue weighted by Gasteiger charge is 2.24. The summed E-state index contributed by atoms with van der Waals surface area (Å²) < 4.78 is 25.3. The Hall–Kier alpha value is -3.21. The van der Waals surface area contributed by atoms with Crippen LogP contribution in [0.2, 0.25) is 0 Å². The van der Waals surface area contributed by atoms with Gasteiger partial charge < -0.3 is 5.32 Å². The molecule has 0 saturated heterocycles. The van der Waals surface area contributed by atoms with Crippen molar-refractivity contribution in [1.82, 2.24) is 9.29 Å². The average Bonchev–Trinajstić information content (AvgIpc) is 2.74. The third-order valence-electron chi connectivity index (χ3n) is 5.39. The van der Waals surface area contributed by atoms with Gasteiger partial charge in [0, 0.05) is 36.2 Å². The molecule has 1 aliphatic heterocycles. The second-order valence-corrected chi connectivity index (χ2v) is 9.47. The highest BCUT2D eigenvalue weighted by Crippen LogP contribution is 2.31. The van der Waals surface area contributed by atoms with Crippen LogP contribution in [-0.2, 0) is 23.0 Å². The Balaban J connectivity index is 1.64. The van der Waals surface area contributed by atoms with Crippen LogP contribution in [0, 0.1) is 18.3 Å². The fraction of sp³-hybridized carbons (Fsp3) is 0.217. The molecule has 1 aromatic heterocycles. The summed E-state index contributed by atoms with van der Waals surface area (Å²) in [5.41, 5.74) is 7.53. The van der Waals surface area contributed by atoms with Crippen LogP contribution >= 0.6 is 0 Å². The van der Waals surface area contributed by atoms with E-state index in [0.29, 0.717) is 25.1 Å². The maximum absolute atomic E-state index is 11.9. The summed E-state index contributed by atoms with van der Waals surface area (Å²) >= 11 is 0. The van der Waals surface area contributed by atoms with E-state index in [0.717, 1.165) is 39.3 Å². The van der Waals surface area contributed by atoms with E-state index in [1.54, 1.807) is 12.3 Å². The minimum absolute atomic E-state index is 0.401. The van der Waals surface area contributed by atoms with E-state index in [2.05, 4.69) is 22.4 Å². The molecular weight excluding hydrogens is 396 g/mol. The van der Waals surface area contributed by atoms with E-state index in [9.17, 15) is 8.42 Å². The molecule has 0 atom stereocenters. The van der Waals surface area contributed by atoms with E-state index in [1.165, 1.54) is 10.6 Å².